The van der Waals surface area contributed by atoms with Crippen molar-refractivity contribution in [1.29, 1.82) is 0 Å². The summed E-state index contributed by atoms with van der Waals surface area (Å²) >= 11 is 4.88. The smallest absolute Gasteiger partial charge is 0.272 e. The molecule has 2 rings (SSSR count). The fraction of sp³-hybridized carbons (Fsp3) is 0.500. The molecule has 0 saturated carbocycles. The van der Waals surface area contributed by atoms with Crippen LogP contribution < -0.4 is 10.9 Å². The molecule has 0 saturated heterocycles. The molecule has 0 amide bonds. The predicted molar refractivity (Wildman–Crippen MR) is 80.7 cm³/mol. The molecule has 0 fully saturated rings. The van der Waals surface area contributed by atoms with E-state index in [-0.39, 0.29) is 5.56 Å². The third kappa shape index (κ3) is 2.44. The van der Waals surface area contributed by atoms with Crippen LogP contribution >= 0.6 is 27.3 Å². The second-order valence-electron chi connectivity index (χ2n) is 4.08. The van der Waals surface area contributed by atoms with Gasteiger partial charge >= 0.3 is 0 Å². The van der Waals surface area contributed by atoms with Gasteiger partial charge in [0.1, 0.15) is 10.2 Å². The summed E-state index contributed by atoms with van der Waals surface area (Å²) in [6, 6.07) is 0. The maximum absolute atomic E-state index is 12.4. The fourth-order valence-corrected chi connectivity index (χ4v) is 3.28. The summed E-state index contributed by atoms with van der Waals surface area (Å²) in [4.78, 5) is 17.0. The molecule has 0 aliphatic carbocycles. The van der Waals surface area contributed by atoms with Crippen LogP contribution in [0.4, 0.5) is 5.95 Å². The molecule has 2 aromatic rings. The van der Waals surface area contributed by atoms with Gasteiger partial charge in [0, 0.05) is 18.5 Å². The molecule has 4 nitrogen and oxygen atoms in total. The maximum atomic E-state index is 12.4. The summed E-state index contributed by atoms with van der Waals surface area (Å²) in [5.74, 6) is 0.676. The Morgan fingerprint density at radius 2 is 2.22 bits per heavy atom. The second kappa shape index (κ2) is 5.84. The molecule has 0 unspecified atom stereocenters. The number of fused-ring (bicyclic) bond motifs is 1. The van der Waals surface area contributed by atoms with Gasteiger partial charge < -0.3 is 5.32 Å². The lowest BCUT2D eigenvalue weighted by atomic mass is 10.4. The first-order valence-corrected chi connectivity index (χ1v) is 7.77. The van der Waals surface area contributed by atoms with E-state index in [4.69, 9.17) is 0 Å². The van der Waals surface area contributed by atoms with Gasteiger partial charge in [-0.05, 0) is 28.8 Å². The van der Waals surface area contributed by atoms with E-state index in [0.717, 1.165) is 34.1 Å². The largest absolute Gasteiger partial charge is 0.356 e. The van der Waals surface area contributed by atoms with Crippen LogP contribution in [0.15, 0.2) is 14.6 Å². The number of hydrogen-bond donors (Lipinski definition) is 1. The van der Waals surface area contributed by atoms with Crippen molar-refractivity contribution < 1.29 is 0 Å². The molecule has 98 valence electrons. The molecular formula is C12H16BrN3OS. The highest BCUT2D eigenvalue weighted by Crippen LogP contribution is 2.27. The fourth-order valence-electron chi connectivity index (χ4n) is 1.77. The molecule has 0 atom stereocenters. The van der Waals surface area contributed by atoms with E-state index >= 15 is 0 Å². The number of hydrogen-bond acceptors (Lipinski definition) is 4. The Hall–Kier alpha value is -0.880. The molecule has 0 bridgehead atoms. The molecule has 0 aliphatic rings. The monoisotopic (exact) mass is 329 g/mol. The van der Waals surface area contributed by atoms with E-state index in [2.05, 4.69) is 40.1 Å². The normalized spacial score (nSPS) is 11.1. The molecule has 0 aliphatic heterocycles. The number of nitrogens with one attached hydrogen (secondary N) is 1. The Kier molecular flexibility index (Phi) is 4.40. The van der Waals surface area contributed by atoms with Crippen molar-refractivity contribution in [1.82, 2.24) is 9.55 Å². The molecule has 0 spiro atoms. The maximum Gasteiger partial charge on any atom is 0.272 e. The van der Waals surface area contributed by atoms with E-state index in [9.17, 15) is 4.79 Å². The highest BCUT2D eigenvalue weighted by molar-refractivity contribution is 9.10. The van der Waals surface area contributed by atoms with Crippen LogP contribution in [0.1, 0.15) is 26.7 Å². The number of anilines is 1. The minimum absolute atomic E-state index is 0.0520. The third-order valence-electron chi connectivity index (χ3n) is 2.61. The molecule has 1 N–H and O–H groups in total. The zero-order chi connectivity index (χ0) is 13.1. The molecule has 0 radical (unpaired) electrons. The molecule has 18 heavy (non-hydrogen) atoms. The lowest BCUT2D eigenvalue weighted by molar-refractivity contribution is 0.653. The lowest BCUT2D eigenvalue weighted by Gasteiger charge is -2.12. The van der Waals surface area contributed by atoms with Crippen LogP contribution in [0, 0.1) is 0 Å². The zero-order valence-corrected chi connectivity index (χ0v) is 12.9. The summed E-state index contributed by atoms with van der Waals surface area (Å²) in [6.45, 7) is 5.67. The first-order chi connectivity index (χ1) is 8.69. The van der Waals surface area contributed by atoms with Gasteiger partial charge in [-0.2, -0.15) is 0 Å². The van der Waals surface area contributed by atoms with Gasteiger partial charge in [-0.3, -0.25) is 9.36 Å². The van der Waals surface area contributed by atoms with Crippen LogP contribution in [-0.2, 0) is 6.54 Å². The van der Waals surface area contributed by atoms with E-state index in [1.165, 1.54) is 11.3 Å². The van der Waals surface area contributed by atoms with Gasteiger partial charge in [0.25, 0.3) is 5.56 Å². The van der Waals surface area contributed by atoms with Gasteiger partial charge in [0.15, 0.2) is 0 Å². The SMILES string of the molecule is CCCNc1nc2c(Br)csc2c(=O)n1CCC. The third-order valence-corrected chi connectivity index (χ3v) is 4.48. The molecule has 0 aromatic carbocycles. The van der Waals surface area contributed by atoms with Gasteiger partial charge in [-0.25, -0.2) is 4.98 Å². The number of rotatable bonds is 5. The first kappa shape index (κ1) is 13.5. The number of nitrogens with zero attached hydrogens (tertiary/aromatic N) is 2. The van der Waals surface area contributed by atoms with Crippen LogP contribution in [0.5, 0.6) is 0 Å². The summed E-state index contributed by atoms with van der Waals surface area (Å²) in [5, 5.41) is 5.15. The van der Waals surface area contributed by atoms with Gasteiger partial charge in [-0.1, -0.05) is 13.8 Å². The average Bonchev–Trinajstić information content (AvgIpc) is 2.73. The summed E-state index contributed by atoms with van der Waals surface area (Å²) in [7, 11) is 0. The van der Waals surface area contributed by atoms with Crippen LogP contribution in [0.3, 0.4) is 0 Å². The first-order valence-electron chi connectivity index (χ1n) is 6.10. The standard InChI is InChI=1S/C12H16BrN3OS/c1-3-5-14-12-15-9-8(13)7-18-10(9)11(17)16(12)6-4-2/h7H,3-6H2,1-2H3,(H,14,15). The topological polar surface area (TPSA) is 46.9 Å². The van der Waals surface area contributed by atoms with Gasteiger partial charge in [0.2, 0.25) is 5.95 Å². The van der Waals surface area contributed by atoms with Crippen molar-refractivity contribution in [2.45, 2.75) is 33.2 Å². The van der Waals surface area contributed by atoms with Gasteiger partial charge in [-0.15, -0.1) is 11.3 Å². The van der Waals surface area contributed by atoms with Crippen molar-refractivity contribution in [3.05, 3.63) is 20.2 Å². The van der Waals surface area contributed by atoms with Crippen molar-refractivity contribution in [3.63, 3.8) is 0 Å². The molecule has 2 aromatic heterocycles. The quantitative estimate of drug-likeness (QED) is 0.913. The Morgan fingerprint density at radius 1 is 1.44 bits per heavy atom. The van der Waals surface area contributed by atoms with Crippen molar-refractivity contribution >= 4 is 43.4 Å². The molecule has 2 heterocycles. The Labute approximate surface area is 118 Å². The van der Waals surface area contributed by atoms with Gasteiger partial charge in [0.05, 0.1) is 4.47 Å². The Bertz CT molecular complexity index is 605. The number of halogens is 1. The Balaban J connectivity index is 2.60. The van der Waals surface area contributed by atoms with Crippen molar-refractivity contribution in [2.24, 2.45) is 0 Å². The highest BCUT2D eigenvalue weighted by Gasteiger charge is 2.13. The van der Waals surface area contributed by atoms with E-state index < -0.39 is 0 Å². The predicted octanol–water partition coefficient (Wildman–Crippen LogP) is 3.45. The van der Waals surface area contributed by atoms with Crippen molar-refractivity contribution in [2.75, 3.05) is 11.9 Å². The number of thiophene rings is 1. The summed E-state index contributed by atoms with van der Waals surface area (Å²) in [6.07, 6.45) is 1.92. The lowest BCUT2D eigenvalue weighted by Crippen LogP contribution is -2.24. The summed E-state index contributed by atoms with van der Waals surface area (Å²) in [5.41, 5.74) is 0.812. The van der Waals surface area contributed by atoms with Crippen LogP contribution in [-0.4, -0.2) is 16.1 Å². The molecule has 6 heteroatoms. The van der Waals surface area contributed by atoms with Crippen LogP contribution in [0.25, 0.3) is 10.2 Å². The average molecular weight is 330 g/mol. The minimum Gasteiger partial charge on any atom is -0.356 e. The van der Waals surface area contributed by atoms with E-state index in [1.807, 2.05) is 5.38 Å². The molecular weight excluding hydrogens is 314 g/mol. The number of aromatic nitrogens is 2. The van der Waals surface area contributed by atoms with E-state index in [0.29, 0.717) is 12.5 Å². The zero-order valence-electron chi connectivity index (χ0n) is 10.5. The van der Waals surface area contributed by atoms with Crippen LogP contribution in [0.2, 0.25) is 0 Å². The summed E-state index contributed by atoms with van der Waals surface area (Å²) < 4.78 is 3.35. The van der Waals surface area contributed by atoms with E-state index in [1.54, 1.807) is 4.57 Å². The highest BCUT2D eigenvalue weighted by atomic mass is 79.9. The van der Waals surface area contributed by atoms with Crippen molar-refractivity contribution in [3.8, 4) is 0 Å². The second-order valence-corrected chi connectivity index (χ2v) is 5.81. The minimum atomic E-state index is 0.0520. The Morgan fingerprint density at radius 3 is 2.89 bits per heavy atom.